The van der Waals surface area contributed by atoms with Crippen molar-refractivity contribution in [1.82, 2.24) is 10.2 Å². The number of carboxylic acids is 1. The Morgan fingerprint density at radius 3 is 2.59 bits per heavy atom. The first kappa shape index (κ1) is 15.7. The van der Waals surface area contributed by atoms with Crippen LogP contribution < -0.4 is 5.56 Å². The van der Waals surface area contributed by atoms with Crippen LogP contribution in [0.15, 0.2) is 29.1 Å². The van der Waals surface area contributed by atoms with Gasteiger partial charge in [0, 0.05) is 6.42 Å². The highest BCUT2D eigenvalue weighted by molar-refractivity contribution is 5.88. The molecule has 5 nitrogen and oxygen atoms in total. The van der Waals surface area contributed by atoms with Crippen molar-refractivity contribution in [1.29, 1.82) is 0 Å². The summed E-state index contributed by atoms with van der Waals surface area (Å²) in [7, 11) is 0. The SMILES string of the molecule is O=C(O)c1cccc(Cc2cc(C(F)(F)F)c(=O)[nH]n2)c1F. The monoisotopic (exact) mass is 316 g/mol. The summed E-state index contributed by atoms with van der Waals surface area (Å²) in [5.41, 5.74) is -3.85. The number of carboxylic acid groups (broad SMARTS) is 1. The van der Waals surface area contributed by atoms with E-state index in [4.69, 9.17) is 5.11 Å². The van der Waals surface area contributed by atoms with Crippen LogP contribution in [0.2, 0.25) is 0 Å². The highest BCUT2D eigenvalue weighted by atomic mass is 19.4. The van der Waals surface area contributed by atoms with Gasteiger partial charge in [0.25, 0.3) is 5.56 Å². The first-order valence-corrected chi connectivity index (χ1v) is 5.86. The van der Waals surface area contributed by atoms with Crippen molar-refractivity contribution < 1.29 is 27.5 Å². The molecule has 0 atom stereocenters. The number of hydrogen-bond donors (Lipinski definition) is 2. The van der Waals surface area contributed by atoms with Crippen LogP contribution in [-0.2, 0) is 12.6 Å². The molecular formula is C13H8F4N2O3. The number of H-pyrrole nitrogens is 1. The Hall–Kier alpha value is -2.71. The number of nitrogens with one attached hydrogen (secondary N) is 1. The lowest BCUT2D eigenvalue weighted by Crippen LogP contribution is -2.23. The van der Waals surface area contributed by atoms with E-state index in [1.165, 1.54) is 12.1 Å². The molecule has 1 aromatic carbocycles. The Balaban J connectivity index is 2.43. The summed E-state index contributed by atoms with van der Waals surface area (Å²) < 4.78 is 51.8. The normalized spacial score (nSPS) is 11.5. The number of carbonyl (C=O) groups is 1. The van der Waals surface area contributed by atoms with Crippen LogP contribution in [0.3, 0.4) is 0 Å². The molecule has 0 saturated carbocycles. The zero-order chi connectivity index (χ0) is 16.5. The molecule has 0 spiro atoms. The van der Waals surface area contributed by atoms with Gasteiger partial charge < -0.3 is 5.11 Å². The standard InChI is InChI=1S/C13H8F4N2O3/c14-10-6(2-1-3-8(10)12(21)22)4-7-5-9(13(15,16)17)11(20)19-18-7/h1-3,5H,4H2,(H,19,20)(H,21,22). The van der Waals surface area contributed by atoms with Gasteiger partial charge in [0.1, 0.15) is 11.4 Å². The molecule has 0 radical (unpaired) electrons. The van der Waals surface area contributed by atoms with Gasteiger partial charge in [-0.1, -0.05) is 12.1 Å². The van der Waals surface area contributed by atoms with E-state index in [1.807, 2.05) is 0 Å². The van der Waals surface area contributed by atoms with E-state index in [-0.39, 0.29) is 11.3 Å². The minimum absolute atomic E-state index is 0.146. The number of hydrogen-bond acceptors (Lipinski definition) is 3. The Kier molecular flexibility index (Phi) is 3.98. The number of benzene rings is 1. The Bertz CT molecular complexity index is 784. The first-order chi connectivity index (χ1) is 10.2. The quantitative estimate of drug-likeness (QED) is 0.851. The first-order valence-electron chi connectivity index (χ1n) is 5.86. The third-order valence-electron chi connectivity index (χ3n) is 2.84. The lowest BCUT2D eigenvalue weighted by Gasteiger charge is -2.08. The Morgan fingerprint density at radius 1 is 1.32 bits per heavy atom. The van der Waals surface area contributed by atoms with Crippen molar-refractivity contribution in [3.63, 3.8) is 0 Å². The maximum absolute atomic E-state index is 13.9. The number of aromatic amines is 1. The van der Waals surface area contributed by atoms with E-state index in [1.54, 1.807) is 5.10 Å². The molecule has 2 N–H and O–H groups in total. The summed E-state index contributed by atoms with van der Waals surface area (Å²) in [6, 6.07) is 4.02. The maximum atomic E-state index is 13.9. The summed E-state index contributed by atoms with van der Waals surface area (Å²) in [6.45, 7) is 0. The molecule has 9 heteroatoms. The summed E-state index contributed by atoms with van der Waals surface area (Å²) in [5.74, 6) is -2.55. The third kappa shape index (κ3) is 3.13. The van der Waals surface area contributed by atoms with Crippen molar-refractivity contribution in [2.75, 3.05) is 0 Å². The van der Waals surface area contributed by atoms with Crippen LogP contribution >= 0.6 is 0 Å². The molecule has 0 aliphatic carbocycles. The number of aromatic carboxylic acids is 1. The minimum atomic E-state index is -4.87. The molecule has 1 aromatic heterocycles. The van der Waals surface area contributed by atoms with E-state index >= 15 is 0 Å². The van der Waals surface area contributed by atoms with E-state index in [9.17, 15) is 27.2 Å². The van der Waals surface area contributed by atoms with Crippen LogP contribution in [0, 0.1) is 5.82 Å². The van der Waals surface area contributed by atoms with E-state index in [0.717, 1.165) is 6.07 Å². The fraction of sp³-hybridized carbons (Fsp3) is 0.154. The molecule has 0 aliphatic heterocycles. The summed E-state index contributed by atoms with van der Waals surface area (Å²) in [5, 5.41) is 13.9. The number of alkyl halides is 3. The van der Waals surface area contributed by atoms with Gasteiger partial charge in [0.15, 0.2) is 0 Å². The molecule has 2 aromatic rings. The second-order valence-corrected chi connectivity index (χ2v) is 4.36. The average molecular weight is 316 g/mol. The summed E-state index contributed by atoms with van der Waals surface area (Å²) in [6.07, 6.45) is -5.26. The number of aromatic nitrogens is 2. The van der Waals surface area contributed by atoms with Gasteiger partial charge in [-0.15, -0.1) is 0 Å². The molecule has 0 unspecified atom stereocenters. The lowest BCUT2D eigenvalue weighted by atomic mass is 10.0. The summed E-state index contributed by atoms with van der Waals surface area (Å²) >= 11 is 0. The third-order valence-corrected chi connectivity index (χ3v) is 2.84. The molecule has 116 valence electrons. The zero-order valence-electron chi connectivity index (χ0n) is 10.7. The van der Waals surface area contributed by atoms with Gasteiger partial charge >= 0.3 is 12.1 Å². The second kappa shape index (κ2) is 5.58. The van der Waals surface area contributed by atoms with Gasteiger partial charge in [-0.2, -0.15) is 18.3 Å². The Labute approximate surface area is 120 Å². The van der Waals surface area contributed by atoms with Crippen LogP contribution in [0.5, 0.6) is 0 Å². The largest absolute Gasteiger partial charge is 0.478 e. The van der Waals surface area contributed by atoms with Gasteiger partial charge in [-0.3, -0.25) is 4.79 Å². The van der Waals surface area contributed by atoms with Crippen molar-refractivity contribution in [2.45, 2.75) is 12.6 Å². The zero-order valence-corrected chi connectivity index (χ0v) is 10.7. The van der Waals surface area contributed by atoms with Crippen LogP contribution in [-0.4, -0.2) is 21.3 Å². The molecule has 22 heavy (non-hydrogen) atoms. The second-order valence-electron chi connectivity index (χ2n) is 4.36. The van der Waals surface area contributed by atoms with E-state index in [2.05, 4.69) is 5.10 Å². The molecular weight excluding hydrogens is 308 g/mol. The molecule has 0 fully saturated rings. The smallest absolute Gasteiger partial charge is 0.421 e. The van der Waals surface area contributed by atoms with Gasteiger partial charge in [-0.05, 0) is 17.7 Å². The predicted molar refractivity (Wildman–Crippen MR) is 66.0 cm³/mol. The maximum Gasteiger partial charge on any atom is 0.421 e. The molecule has 2 rings (SSSR count). The number of nitrogens with zero attached hydrogens (tertiary/aromatic N) is 1. The van der Waals surface area contributed by atoms with Gasteiger partial charge in [-0.25, -0.2) is 14.3 Å². The molecule has 0 amide bonds. The predicted octanol–water partition coefficient (Wildman–Crippen LogP) is 2.22. The molecule has 0 saturated heterocycles. The molecule has 1 heterocycles. The van der Waals surface area contributed by atoms with Gasteiger partial charge in [0.05, 0.1) is 11.3 Å². The van der Waals surface area contributed by atoms with Crippen molar-refractivity contribution in [3.8, 4) is 0 Å². The topological polar surface area (TPSA) is 83.0 Å². The fourth-order valence-corrected chi connectivity index (χ4v) is 1.82. The van der Waals surface area contributed by atoms with Crippen molar-refractivity contribution in [3.05, 3.63) is 62.8 Å². The number of rotatable bonds is 3. The van der Waals surface area contributed by atoms with E-state index in [0.29, 0.717) is 6.07 Å². The Morgan fingerprint density at radius 2 is 2.00 bits per heavy atom. The average Bonchev–Trinajstić information content (AvgIpc) is 2.41. The lowest BCUT2D eigenvalue weighted by molar-refractivity contribution is -0.138. The number of halogens is 4. The highest BCUT2D eigenvalue weighted by Crippen LogP contribution is 2.27. The highest BCUT2D eigenvalue weighted by Gasteiger charge is 2.34. The van der Waals surface area contributed by atoms with Crippen LogP contribution in [0.25, 0.3) is 0 Å². The fourth-order valence-electron chi connectivity index (χ4n) is 1.82. The van der Waals surface area contributed by atoms with Gasteiger partial charge in [0.2, 0.25) is 0 Å². The van der Waals surface area contributed by atoms with Crippen molar-refractivity contribution in [2.24, 2.45) is 0 Å². The summed E-state index contributed by atoms with van der Waals surface area (Å²) in [4.78, 5) is 21.9. The van der Waals surface area contributed by atoms with E-state index < -0.39 is 41.1 Å². The molecule has 0 aliphatic rings. The van der Waals surface area contributed by atoms with Crippen LogP contribution in [0.1, 0.15) is 27.2 Å². The minimum Gasteiger partial charge on any atom is -0.478 e. The van der Waals surface area contributed by atoms with Crippen molar-refractivity contribution >= 4 is 5.97 Å². The van der Waals surface area contributed by atoms with Crippen LogP contribution in [0.4, 0.5) is 17.6 Å². The molecule has 0 bridgehead atoms.